The molecule has 1 N–H and O–H groups in total. The van der Waals surface area contributed by atoms with E-state index >= 15 is 0 Å². The highest BCUT2D eigenvalue weighted by molar-refractivity contribution is 7.98. The van der Waals surface area contributed by atoms with Crippen LogP contribution in [0.1, 0.15) is 58.3 Å². The minimum Gasteiger partial charge on any atom is -0.511 e. The maximum Gasteiger partial charge on any atom is 0.268 e. The number of likely N-dealkylation sites (tertiary alicyclic amines) is 1. The number of rotatable bonds is 5. The first-order chi connectivity index (χ1) is 12.8. The number of hydrogen-bond donors (Lipinski definition) is 1. The van der Waals surface area contributed by atoms with Gasteiger partial charge in [0.25, 0.3) is 5.91 Å². The first-order valence-corrected chi connectivity index (χ1v) is 11.5. The zero-order valence-corrected chi connectivity index (χ0v) is 17.0. The molecule has 5 fully saturated rings. The van der Waals surface area contributed by atoms with Crippen molar-refractivity contribution in [3.05, 3.63) is 11.3 Å². The summed E-state index contributed by atoms with van der Waals surface area (Å²) in [4.78, 5) is 38.8. The topological polar surface area (TPSA) is 74.7 Å². The number of hydrogen-bond acceptors (Lipinski definition) is 5. The van der Waals surface area contributed by atoms with Gasteiger partial charge >= 0.3 is 0 Å². The molecule has 1 heterocycles. The zero-order chi connectivity index (χ0) is 19.3. The summed E-state index contributed by atoms with van der Waals surface area (Å²) in [5, 5.41) is 10.9. The van der Waals surface area contributed by atoms with Crippen molar-refractivity contribution < 1.29 is 19.5 Å². The monoisotopic (exact) mass is 391 g/mol. The van der Waals surface area contributed by atoms with Gasteiger partial charge in [-0.25, -0.2) is 0 Å². The summed E-state index contributed by atoms with van der Waals surface area (Å²) in [7, 11) is 0. The second-order valence-electron chi connectivity index (χ2n) is 9.27. The first kappa shape index (κ1) is 19.0. The fourth-order valence-electron chi connectivity index (χ4n) is 6.72. The van der Waals surface area contributed by atoms with E-state index in [1.807, 2.05) is 6.26 Å². The minimum absolute atomic E-state index is 0.0464. The average molecular weight is 392 g/mol. The van der Waals surface area contributed by atoms with Crippen LogP contribution in [0.15, 0.2) is 11.3 Å². The molecule has 0 spiro atoms. The molecule has 0 radical (unpaired) electrons. The second-order valence-corrected chi connectivity index (χ2v) is 10.3. The van der Waals surface area contributed by atoms with E-state index < -0.39 is 17.9 Å². The SMILES string of the molecule is CSCCC1C(=O)/C(=C(/O)CC23CC4CC(CC(C4)C2)C3)C(=O)N1C(C)=O. The van der Waals surface area contributed by atoms with Crippen molar-refractivity contribution in [2.45, 2.75) is 64.3 Å². The molecule has 5 aliphatic rings. The van der Waals surface area contributed by atoms with E-state index in [-0.39, 0.29) is 22.5 Å². The third-order valence-corrected chi connectivity index (χ3v) is 7.87. The molecule has 5 nitrogen and oxygen atoms in total. The van der Waals surface area contributed by atoms with E-state index in [0.29, 0.717) is 18.6 Å². The smallest absolute Gasteiger partial charge is 0.268 e. The predicted octanol–water partition coefficient (Wildman–Crippen LogP) is 3.48. The van der Waals surface area contributed by atoms with E-state index in [4.69, 9.17) is 0 Å². The van der Waals surface area contributed by atoms with Crippen LogP contribution in [0.25, 0.3) is 0 Å². The van der Waals surface area contributed by atoms with Crippen LogP contribution in [0.2, 0.25) is 0 Å². The summed E-state index contributed by atoms with van der Waals surface area (Å²) in [6.07, 6.45) is 10.0. The zero-order valence-electron chi connectivity index (χ0n) is 16.2. The molecule has 1 atom stereocenters. The Labute approximate surface area is 164 Å². The second kappa shape index (κ2) is 6.94. The lowest BCUT2D eigenvalue weighted by atomic mass is 9.48. The minimum atomic E-state index is -0.754. The highest BCUT2D eigenvalue weighted by Crippen LogP contribution is 2.62. The van der Waals surface area contributed by atoms with Crippen molar-refractivity contribution in [2.75, 3.05) is 12.0 Å². The molecule has 2 amide bonds. The maximum absolute atomic E-state index is 12.9. The van der Waals surface area contributed by atoms with Crippen LogP contribution in [-0.4, -0.2) is 45.7 Å². The molecular formula is C21H29NO4S. The molecule has 0 aromatic carbocycles. The summed E-state index contributed by atoms with van der Waals surface area (Å²) in [5.41, 5.74) is -0.0720. The number of nitrogens with zero attached hydrogens (tertiary/aromatic N) is 1. The van der Waals surface area contributed by atoms with Gasteiger partial charge in [0.1, 0.15) is 17.4 Å². The number of Topliss-reactive ketones (excluding diaryl/α,β-unsaturated/α-hetero) is 1. The van der Waals surface area contributed by atoms with Gasteiger partial charge in [-0.15, -0.1) is 0 Å². The Bertz CT molecular complexity index is 678. The van der Waals surface area contributed by atoms with E-state index in [1.54, 1.807) is 11.8 Å². The van der Waals surface area contributed by atoms with Crippen molar-refractivity contribution >= 4 is 29.4 Å². The number of aliphatic hydroxyl groups excluding tert-OH is 1. The van der Waals surface area contributed by atoms with Crippen LogP contribution in [0.4, 0.5) is 0 Å². The van der Waals surface area contributed by atoms with Crippen LogP contribution < -0.4 is 0 Å². The number of carbonyl (C=O) groups is 3. The molecule has 148 valence electrons. The quantitative estimate of drug-likeness (QED) is 0.441. The van der Waals surface area contributed by atoms with Gasteiger partial charge in [-0.3, -0.25) is 19.3 Å². The molecule has 6 heteroatoms. The van der Waals surface area contributed by atoms with Gasteiger partial charge in [0.15, 0.2) is 5.78 Å². The van der Waals surface area contributed by atoms with Gasteiger partial charge in [-0.05, 0) is 80.1 Å². The Balaban J connectivity index is 1.60. The van der Waals surface area contributed by atoms with Crippen molar-refractivity contribution in [1.82, 2.24) is 4.90 Å². The fraction of sp³-hybridized carbons (Fsp3) is 0.762. The Hall–Kier alpha value is -1.30. The van der Waals surface area contributed by atoms with Gasteiger partial charge in [-0.1, -0.05) is 0 Å². The third-order valence-electron chi connectivity index (χ3n) is 7.22. The summed E-state index contributed by atoms with van der Waals surface area (Å²) in [6.45, 7) is 1.32. The highest BCUT2D eigenvalue weighted by atomic mass is 32.2. The van der Waals surface area contributed by atoms with E-state index in [2.05, 4.69) is 0 Å². The van der Waals surface area contributed by atoms with Crippen LogP contribution >= 0.6 is 11.8 Å². The maximum atomic E-state index is 12.9. The molecule has 1 unspecified atom stereocenters. The summed E-state index contributed by atoms with van der Waals surface area (Å²) in [5.74, 6) is 1.47. The molecule has 0 aromatic rings. The van der Waals surface area contributed by atoms with E-state index in [0.717, 1.165) is 41.9 Å². The summed E-state index contributed by atoms with van der Waals surface area (Å²) in [6, 6.07) is -0.754. The Kier molecular flexibility index (Phi) is 4.90. The molecule has 5 rings (SSSR count). The molecule has 4 aliphatic carbocycles. The van der Waals surface area contributed by atoms with Crippen molar-refractivity contribution in [3.8, 4) is 0 Å². The normalized spacial score (nSPS) is 39.4. The first-order valence-electron chi connectivity index (χ1n) is 10.1. The van der Waals surface area contributed by atoms with Crippen LogP contribution in [0.3, 0.4) is 0 Å². The third kappa shape index (κ3) is 3.24. The standard InChI is InChI=1S/C21H29NO4S/c1-12(23)22-16(3-4-27-2)19(25)18(20(22)26)17(24)11-21-8-13-5-14(9-21)7-15(6-13)10-21/h13-16,24H,3-11H2,1-2H3/b18-17-. The van der Waals surface area contributed by atoms with E-state index in [9.17, 15) is 19.5 Å². The van der Waals surface area contributed by atoms with E-state index in [1.165, 1.54) is 26.2 Å². The molecule has 1 aliphatic heterocycles. The van der Waals surface area contributed by atoms with Gasteiger partial charge in [0, 0.05) is 13.3 Å². The van der Waals surface area contributed by atoms with Gasteiger partial charge in [0.2, 0.25) is 5.91 Å². The van der Waals surface area contributed by atoms with Gasteiger partial charge in [-0.2, -0.15) is 11.8 Å². The number of ketones is 1. The van der Waals surface area contributed by atoms with Crippen LogP contribution in [-0.2, 0) is 14.4 Å². The Morgan fingerprint density at radius 1 is 1.15 bits per heavy atom. The summed E-state index contributed by atoms with van der Waals surface area (Å²) >= 11 is 1.58. The lowest BCUT2D eigenvalue weighted by molar-refractivity contribution is -0.142. The lowest BCUT2D eigenvalue weighted by Gasteiger charge is -2.57. The van der Waals surface area contributed by atoms with Crippen molar-refractivity contribution in [2.24, 2.45) is 23.2 Å². The summed E-state index contributed by atoms with van der Waals surface area (Å²) < 4.78 is 0. The number of amides is 2. The number of carbonyl (C=O) groups excluding carboxylic acids is 3. The van der Waals surface area contributed by atoms with Crippen LogP contribution in [0, 0.1) is 23.2 Å². The fourth-order valence-corrected chi connectivity index (χ4v) is 7.18. The molecule has 4 saturated carbocycles. The van der Waals surface area contributed by atoms with Gasteiger partial charge < -0.3 is 5.11 Å². The molecule has 27 heavy (non-hydrogen) atoms. The molecular weight excluding hydrogens is 362 g/mol. The Morgan fingerprint density at radius 3 is 2.19 bits per heavy atom. The highest BCUT2D eigenvalue weighted by Gasteiger charge is 2.53. The number of thioether (sulfide) groups is 1. The molecule has 4 bridgehead atoms. The predicted molar refractivity (Wildman–Crippen MR) is 104 cm³/mol. The van der Waals surface area contributed by atoms with Crippen LogP contribution in [0.5, 0.6) is 0 Å². The number of allylic oxidation sites excluding steroid dienone is 1. The average Bonchev–Trinajstić information content (AvgIpc) is 2.81. The van der Waals surface area contributed by atoms with Crippen molar-refractivity contribution in [1.29, 1.82) is 0 Å². The Morgan fingerprint density at radius 2 is 1.70 bits per heavy atom. The van der Waals surface area contributed by atoms with Gasteiger partial charge in [0.05, 0.1) is 0 Å². The van der Waals surface area contributed by atoms with Crippen molar-refractivity contribution in [3.63, 3.8) is 0 Å². The number of aliphatic hydroxyl groups is 1. The molecule has 1 saturated heterocycles. The molecule has 0 aromatic heterocycles. The number of imide groups is 1. The largest absolute Gasteiger partial charge is 0.511 e. The lowest BCUT2D eigenvalue weighted by Crippen LogP contribution is -2.46.